The lowest BCUT2D eigenvalue weighted by molar-refractivity contribution is -0.115. The molecule has 0 bridgehead atoms. The molecule has 0 aliphatic rings. The van der Waals surface area contributed by atoms with E-state index in [9.17, 15) is 4.79 Å². The number of nitrogens with zero attached hydrogens (tertiary/aromatic N) is 3. The van der Waals surface area contributed by atoms with Crippen molar-refractivity contribution >= 4 is 23.1 Å². The van der Waals surface area contributed by atoms with Crippen LogP contribution in [0.2, 0.25) is 0 Å². The Morgan fingerprint density at radius 1 is 1.18 bits per heavy atom. The van der Waals surface area contributed by atoms with Gasteiger partial charge in [-0.05, 0) is 44.4 Å². The van der Waals surface area contributed by atoms with Crippen LogP contribution in [0.25, 0.3) is 16.5 Å². The number of thiophene rings is 1. The van der Waals surface area contributed by atoms with Gasteiger partial charge in [0.1, 0.15) is 11.6 Å². The maximum absolute atomic E-state index is 12.6. The quantitative estimate of drug-likeness (QED) is 0.534. The molecule has 28 heavy (non-hydrogen) atoms. The zero-order valence-electron chi connectivity index (χ0n) is 15.9. The van der Waals surface area contributed by atoms with Crippen molar-refractivity contribution < 1.29 is 9.21 Å². The van der Waals surface area contributed by atoms with Crippen molar-refractivity contribution in [2.24, 2.45) is 0 Å². The lowest BCUT2D eigenvalue weighted by atomic mass is 10.2. The lowest BCUT2D eigenvalue weighted by Crippen LogP contribution is -2.17. The highest BCUT2D eigenvalue weighted by Gasteiger charge is 2.17. The van der Waals surface area contributed by atoms with Crippen molar-refractivity contribution in [1.82, 2.24) is 14.8 Å². The van der Waals surface area contributed by atoms with Crippen LogP contribution in [0.1, 0.15) is 22.7 Å². The topological polar surface area (TPSA) is 73.0 Å². The molecule has 1 amide bonds. The predicted molar refractivity (Wildman–Crippen MR) is 110 cm³/mol. The Morgan fingerprint density at radius 3 is 2.68 bits per heavy atom. The fraction of sp³-hybridized carbons (Fsp3) is 0.190. The molecule has 0 aliphatic carbocycles. The highest BCUT2D eigenvalue weighted by atomic mass is 32.1. The van der Waals surface area contributed by atoms with Crippen molar-refractivity contribution in [3.05, 3.63) is 70.6 Å². The van der Waals surface area contributed by atoms with Gasteiger partial charge in [0.15, 0.2) is 0 Å². The van der Waals surface area contributed by atoms with Gasteiger partial charge >= 0.3 is 0 Å². The van der Waals surface area contributed by atoms with Crippen LogP contribution in [0.3, 0.4) is 0 Å². The molecule has 4 aromatic rings. The van der Waals surface area contributed by atoms with Crippen molar-refractivity contribution in [3.63, 3.8) is 0 Å². The molecule has 3 heterocycles. The number of rotatable bonds is 5. The molecule has 1 aromatic carbocycles. The molecule has 0 spiro atoms. The second kappa shape index (κ2) is 7.44. The van der Waals surface area contributed by atoms with Crippen molar-refractivity contribution in [1.29, 1.82) is 0 Å². The lowest BCUT2D eigenvalue weighted by Gasteiger charge is -2.09. The Hall–Kier alpha value is -3.19. The standard InChI is InChI=1S/C21H20N4O2S/c1-13-6-8-16(9-7-13)25-19(11-14(2)24-25)23-20(26)12-17-15(3)27-21(22-17)18-5-4-10-28-18/h4-11H,12H2,1-3H3,(H,23,26). The Labute approximate surface area is 166 Å². The van der Waals surface area contributed by atoms with E-state index in [0.717, 1.165) is 16.3 Å². The Balaban J connectivity index is 1.53. The van der Waals surface area contributed by atoms with Crippen LogP contribution in [0.5, 0.6) is 0 Å². The van der Waals surface area contributed by atoms with Crippen LogP contribution in [-0.4, -0.2) is 20.7 Å². The number of anilines is 1. The number of oxazole rings is 1. The van der Waals surface area contributed by atoms with Gasteiger partial charge in [-0.25, -0.2) is 9.67 Å². The SMILES string of the molecule is Cc1ccc(-n2nc(C)cc2NC(=O)Cc2nc(-c3cccs3)oc2C)cc1. The molecule has 0 atom stereocenters. The van der Waals surface area contributed by atoms with E-state index in [1.165, 1.54) is 5.56 Å². The minimum absolute atomic E-state index is 0.138. The van der Waals surface area contributed by atoms with Gasteiger partial charge in [-0.2, -0.15) is 5.10 Å². The first kappa shape index (κ1) is 18.2. The van der Waals surface area contributed by atoms with E-state index in [4.69, 9.17) is 4.42 Å². The van der Waals surface area contributed by atoms with Crippen molar-refractivity contribution in [2.75, 3.05) is 5.32 Å². The molecule has 7 heteroatoms. The maximum Gasteiger partial charge on any atom is 0.236 e. The number of amides is 1. The molecule has 0 saturated heterocycles. The third-order valence-electron chi connectivity index (χ3n) is 4.33. The fourth-order valence-electron chi connectivity index (χ4n) is 2.91. The highest BCUT2D eigenvalue weighted by molar-refractivity contribution is 7.13. The third-order valence-corrected chi connectivity index (χ3v) is 5.19. The summed E-state index contributed by atoms with van der Waals surface area (Å²) in [6.45, 7) is 5.76. The first-order valence-corrected chi connectivity index (χ1v) is 9.81. The first-order chi connectivity index (χ1) is 13.5. The van der Waals surface area contributed by atoms with E-state index in [-0.39, 0.29) is 12.3 Å². The molecular formula is C21H20N4O2S. The predicted octanol–water partition coefficient (Wildman–Crippen LogP) is 4.70. The van der Waals surface area contributed by atoms with Gasteiger partial charge in [-0.1, -0.05) is 23.8 Å². The zero-order chi connectivity index (χ0) is 19.7. The summed E-state index contributed by atoms with van der Waals surface area (Å²) >= 11 is 1.55. The number of benzene rings is 1. The molecule has 0 unspecified atom stereocenters. The fourth-order valence-corrected chi connectivity index (χ4v) is 3.56. The van der Waals surface area contributed by atoms with Crippen molar-refractivity contribution in [2.45, 2.75) is 27.2 Å². The minimum atomic E-state index is -0.164. The summed E-state index contributed by atoms with van der Waals surface area (Å²) in [5, 5.41) is 9.41. The monoisotopic (exact) mass is 392 g/mol. The molecule has 0 fully saturated rings. The highest BCUT2D eigenvalue weighted by Crippen LogP contribution is 2.26. The third kappa shape index (κ3) is 3.75. The van der Waals surface area contributed by atoms with Gasteiger partial charge in [0.2, 0.25) is 11.8 Å². The van der Waals surface area contributed by atoms with Crippen LogP contribution >= 0.6 is 11.3 Å². The number of aryl methyl sites for hydroxylation is 3. The van der Waals surface area contributed by atoms with Crippen LogP contribution in [0, 0.1) is 20.8 Å². The second-order valence-corrected chi connectivity index (χ2v) is 7.59. The minimum Gasteiger partial charge on any atom is -0.440 e. The average Bonchev–Trinajstić information content (AvgIpc) is 3.37. The van der Waals surface area contributed by atoms with E-state index in [1.807, 2.05) is 68.6 Å². The molecule has 0 saturated carbocycles. The normalized spacial score (nSPS) is 11.0. The van der Waals surface area contributed by atoms with Gasteiger partial charge < -0.3 is 9.73 Å². The largest absolute Gasteiger partial charge is 0.440 e. The van der Waals surface area contributed by atoms with Gasteiger partial charge in [0.05, 0.1) is 28.4 Å². The van der Waals surface area contributed by atoms with Gasteiger partial charge in [0, 0.05) is 6.07 Å². The number of carbonyl (C=O) groups is 1. The molecule has 142 valence electrons. The molecule has 6 nitrogen and oxygen atoms in total. The smallest absolute Gasteiger partial charge is 0.236 e. The zero-order valence-corrected chi connectivity index (χ0v) is 16.7. The number of nitrogens with one attached hydrogen (secondary N) is 1. The number of carbonyl (C=O) groups excluding carboxylic acids is 1. The van der Waals surface area contributed by atoms with E-state index in [0.29, 0.717) is 23.2 Å². The summed E-state index contributed by atoms with van der Waals surface area (Å²) in [5.41, 5.74) is 3.53. The molecule has 4 rings (SSSR count). The van der Waals surface area contributed by atoms with Gasteiger partial charge in [-0.3, -0.25) is 4.79 Å². The van der Waals surface area contributed by atoms with Crippen LogP contribution in [0.4, 0.5) is 5.82 Å². The first-order valence-electron chi connectivity index (χ1n) is 8.93. The van der Waals surface area contributed by atoms with E-state index in [2.05, 4.69) is 15.4 Å². The molecule has 0 aliphatic heterocycles. The summed E-state index contributed by atoms with van der Waals surface area (Å²) < 4.78 is 7.46. The average molecular weight is 392 g/mol. The summed E-state index contributed by atoms with van der Waals surface area (Å²) in [6, 6.07) is 13.7. The Morgan fingerprint density at radius 2 is 1.96 bits per heavy atom. The van der Waals surface area contributed by atoms with Crippen LogP contribution in [-0.2, 0) is 11.2 Å². The Bertz CT molecular complexity index is 1110. The number of aromatic nitrogens is 3. The van der Waals surface area contributed by atoms with Crippen molar-refractivity contribution in [3.8, 4) is 16.5 Å². The summed E-state index contributed by atoms with van der Waals surface area (Å²) in [4.78, 5) is 18.1. The summed E-state index contributed by atoms with van der Waals surface area (Å²) in [6.07, 6.45) is 0.138. The van der Waals surface area contributed by atoms with Gasteiger partial charge in [-0.15, -0.1) is 11.3 Å². The van der Waals surface area contributed by atoms with Crippen LogP contribution in [0.15, 0.2) is 52.3 Å². The summed E-state index contributed by atoms with van der Waals surface area (Å²) in [5.74, 6) is 1.67. The molecule has 1 N–H and O–H groups in total. The second-order valence-electron chi connectivity index (χ2n) is 6.64. The number of hydrogen-bond acceptors (Lipinski definition) is 5. The molecule has 3 aromatic heterocycles. The van der Waals surface area contributed by atoms with E-state index < -0.39 is 0 Å². The van der Waals surface area contributed by atoms with E-state index >= 15 is 0 Å². The summed E-state index contributed by atoms with van der Waals surface area (Å²) in [7, 11) is 0. The van der Waals surface area contributed by atoms with Gasteiger partial charge in [0.25, 0.3) is 0 Å². The van der Waals surface area contributed by atoms with Crippen LogP contribution < -0.4 is 5.32 Å². The maximum atomic E-state index is 12.6. The Kier molecular flexibility index (Phi) is 4.83. The molecule has 0 radical (unpaired) electrons. The molecular weight excluding hydrogens is 372 g/mol. The number of hydrogen-bond donors (Lipinski definition) is 1. The van der Waals surface area contributed by atoms with E-state index in [1.54, 1.807) is 16.0 Å².